The summed E-state index contributed by atoms with van der Waals surface area (Å²) >= 11 is 4.46. The Balaban J connectivity index is 4.17. The minimum Gasteiger partial charge on any atom is -0.344 e. The second-order valence-electron chi connectivity index (χ2n) is 2.62. The van der Waals surface area contributed by atoms with E-state index in [2.05, 4.69) is 16.2 Å². The van der Waals surface area contributed by atoms with Gasteiger partial charge in [0, 0.05) is 6.42 Å². The van der Waals surface area contributed by atoms with E-state index in [-0.39, 0.29) is 6.42 Å². The number of hydrogen-bond acceptors (Lipinski definition) is 2. The number of hydrogen-bond donors (Lipinski definition) is 0. The highest BCUT2D eigenvalue weighted by molar-refractivity contribution is 6.13. The molecule has 2 nitrogen and oxygen atoms in total. The Kier molecular flexibility index (Phi) is 5.13. The van der Waals surface area contributed by atoms with Crippen molar-refractivity contribution in [2.45, 2.75) is 38.3 Å². The fourth-order valence-corrected chi connectivity index (χ4v) is 0.829. The summed E-state index contributed by atoms with van der Waals surface area (Å²) in [5.74, 6) is -5.44. The van der Waals surface area contributed by atoms with Crippen LogP contribution >= 0.6 is 11.9 Å². The van der Waals surface area contributed by atoms with Crippen molar-refractivity contribution in [1.29, 1.82) is 0 Å². The van der Waals surface area contributed by atoms with Gasteiger partial charge >= 0.3 is 5.97 Å². The molecule has 0 aromatic rings. The smallest absolute Gasteiger partial charge is 0.344 e. The quantitative estimate of drug-likeness (QED) is 0.709. The molecule has 0 spiro atoms. The summed E-state index contributed by atoms with van der Waals surface area (Å²) in [5.41, 5.74) is 0. The predicted octanol–water partition coefficient (Wildman–Crippen LogP) is 2.85. The van der Waals surface area contributed by atoms with Crippen molar-refractivity contribution in [2.75, 3.05) is 0 Å². The van der Waals surface area contributed by atoms with E-state index in [9.17, 15) is 18.0 Å². The summed E-state index contributed by atoms with van der Waals surface area (Å²) in [4.78, 5) is 10.3. The maximum atomic E-state index is 12.7. The number of rotatable bonds is 5. The Labute approximate surface area is 79.2 Å². The molecule has 0 saturated heterocycles. The molecule has 0 aliphatic rings. The topological polar surface area (TPSA) is 26.3 Å². The van der Waals surface area contributed by atoms with Crippen LogP contribution in [0.2, 0.25) is 0 Å². The molecule has 0 rings (SSSR count). The molecular formula is C7H10ClF3O2. The van der Waals surface area contributed by atoms with Crippen LogP contribution in [0.3, 0.4) is 0 Å². The van der Waals surface area contributed by atoms with Crippen LogP contribution < -0.4 is 0 Å². The minimum atomic E-state index is -3.69. The van der Waals surface area contributed by atoms with Gasteiger partial charge in [-0.3, -0.25) is 0 Å². The molecule has 0 saturated carbocycles. The average Bonchev–Trinajstić information content (AvgIpc) is 2.12. The van der Waals surface area contributed by atoms with Crippen LogP contribution in [-0.4, -0.2) is 18.1 Å². The van der Waals surface area contributed by atoms with Crippen LogP contribution in [0, 0.1) is 0 Å². The molecule has 1 atom stereocenters. The fraction of sp³-hybridized carbons (Fsp3) is 0.857. The van der Waals surface area contributed by atoms with Crippen molar-refractivity contribution in [2.24, 2.45) is 0 Å². The van der Waals surface area contributed by atoms with Crippen molar-refractivity contribution in [1.82, 2.24) is 0 Å². The molecule has 0 heterocycles. The zero-order valence-corrected chi connectivity index (χ0v) is 7.78. The zero-order chi connectivity index (χ0) is 10.5. The van der Waals surface area contributed by atoms with Crippen LogP contribution in [-0.2, 0) is 9.08 Å². The van der Waals surface area contributed by atoms with Gasteiger partial charge in [0.25, 0.3) is 12.1 Å². The van der Waals surface area contributed by atoms with E-state index in [1.54, 1.807) is 6.92 Å². The Bertz CT molecular complexity index is 175. The molecule has 0 N–H and O–H groups in total. The number of carbonyl (C=O) groups is 1. The zero-order valence-electron chi connectivity index (χ0n) is 7.03. The summed E-state index contributed by atoms with van der Waals surface area (Å²) in [6.45, 7) is 1.68. The van der Waals surface area contributed by atoms with E-state index in [1.807, 2.05) is 0 Å². The SMILES string of the molecule is CCCCC(F)(F)C(F)C(=O)OCl. The molecule has 0 amide bonds. The van der Waals surface area contributed by atoms with Crippen molar-refractivity contribution < 1.29 is 22.3 Å². The van der Waals surface area contributed by atoms with Crippen molar-refractivity contribution in [3.05, 3.63) is 0 Å². The summed E-state index contributed by atoms with van der Waals surface area (Å²) in [6.07, 6.45) is -3.02. The molecule has 0 aliphatic heterocycles. The Morgan fingerprint density at radius 2 is 2.15 bits per heavy atom. The van der Waals surface area contributed by atoms with E-state index in [0.717, 1.165) is 0 Å². The lowest BCUT2D eigenvalue weighted by atomic mass is 10.1. The lowest BCUT2D eigenvalue weighted by Gasteiger charge is -2.17. The predicted molar refractivity (Wildman–Crippen MR) is 41.3 cm³/mol. The van der Waals surface area contributed by atoms with Gasteiger partial charge in [-0.05, 0) is 6.42 Å². The maximum absolute atomic E-state index is 12.7. The van der Waals surface area contributed by atoms with Crippen LogP contribution in [0.1, 0.15) is 26.2 Å². The van der Waals surface area contributed by atoms with Gasteiger partial charge in [-0.25, -0.2) is 18.0 Å². The molecule has 6 heteroatoms. The first-order chi connectivity index (χ1) is 5.95. The highest BCUT2D eigenvalue weighted by atomic mass is 35.5. The lowest BCUT2D eigenvalue weighted by Crippen LogP contribution is -2.36. The Morgan fingerprint density at radius 1 is 1.62 bits per heavy atom. The summed E-state index contributed by atoms with van der Waals surface area (Å²) in [6, 6.07) is 0. The van der Waals surface area contributed by atoms with E-state index in [1.165, 1.54) is 0 Å². The highest BCUT2D eigenvalue weighted by Gasteiger charge is 2.45. The van der Waals surface area contributed by atoms with Crippen LogP contribution in [0.5, 0.6) is 0 Å². The van der Waals surface area contributed by atoms with Gasteiger partial charge < -0.3 is 4.29 Å². The van der Waals surface area contributed by atoms with Crippen molar-refractivity contribution in [3.8, 4) is 0 Å². The molecule has 0 fully saturated rings. The first kappa shape index (κ1) is 12.6. The monoisotopic (exact) mass is 218 g/mol. The Morgan fingerprint density at radius 3 is 2.54 bits per heavy atom. The molecule has 13 heavy (non-hydrogen) atoms. The molecular weight excluding hydrogens is 209 g/mol. The molecule has 1 unspecified atom stereocenters. The summed E-state index contributed by atoms with van der Waals surface area (Å²) < 4.78 is 41.4. The van der Waals surface area contributed by atoms with Crippen LogP contribution in [0.4, 0.5) is 13.2 Å². The minimum absolute atomic E-state index is 0.142. The van der Waals surface area contributed by atoms with E-state index in [0.29, 0.717) is 6.42 Å². The van der Waals surface area contributed by atoms with Crippen LogP contribution in [0.25, 0.3) is 0 Å². The van der Waals surface area contributed by atoms with Gasteiger partial charge in [0.1, 0.15) is 11.9 Å². The number of alkyl halides is 3. The second kappa shape index (κ2) is 5.32. The van der Waals surface area contributed by atoms with Gasteiger partial charge in [-0.15, -0.1) is 0 Å². The van der Waals surface area contributed by atoms with Gasteiger partial charge in [0.15, 0.2) is 0 Å². The van der Waals surface area contributed by atoms with Crippen molar-refractivity contribution >= 4 is 17.8 Å². The van der Waals surface area contributed by atoms with Crippen LogP contribution in [0.15, 0.2) is 0 Å². The molecule has 0 aliphatic carbocycles. The third-order valence-corrected chi connectivity index (χ3v) is 1.67. The highest BCUT2D eigenvalue weighted by Crippen LogP contribution is 2.28. The number of unbranched alkanes of at least 4 members (excludes halogenated alkanes) is 1. The standard InChI is InChI=1S/C7H10ClF3O2/c1-2-3-4-7(10,11)5(9)6(12)13-8/h5H,2-4H2,1H3. The first-order valence-electron chi connectivity index (χ1n) is 3.80. The molecule has 0 radical (unpaired) electrons. The lowest BCUT2D eigenvalue weighted by molar-refractivity contribution is -0.157. The Hall–Kier alpha value is -0.450. The first-order valence-corrected chi connectivity index (χ1v) is 4.11. The number of carbonyl (C=O) groups excluding carboxylic acids is 1. The third-order valence-electron chi connectivity index (χ3n) is 1.52. The largest absolute Gasteiger partial charge is 0.365 e. The average molecular weight is 219 g/mol. The maximum Gasteiger partial charge on any atom is 0.365 e. The van der Waals surface area contributed by atoms with Gasteiger partial charge in [0.05, 0.1) is 0 Å². The van der Waals surface area contributed by atoms with Gasteiger partial charge in [0.2, 0.25) is 0 Å². The molecule has 0 aromatic heterocycles. The second-order valence-corrected chi connectivity index (χ2v) is 2.78. The van der Waals surface area contributed by atoms with E-state index < -0.39 is 24.5 Å². The normalized spacial score (nSPS) is 13.9. The summed E-state index contributed by atoms with van der Waals surface area (Å²) in [5, 5.41) is 0. The number of halogens is 4. The van der Waals surface area contributed by atoms with Gasteiger partial charge in [-0.2, -0.15) is 0 Å². The molecule has 78 valence electrons. The van der Waals surface area contributed by atoms with Crippen molar-refractivity contribution in [3.63, 3.8) is 0 Å². The van der Waals surface area contributed by atoms with E-state index >= 15 is 0 Å². The van der Waals surface area contributed by atoms with Gasteiger partial charge in [-0.1, -0.05) is 13.3 Å². The summed E-state index contributed by atoms with van der Waals surface area (Å²) in [7, 11) is 0. The fourth-order valence-electron chi connectivity index (χ4n) is 0.751. The van der Waals surface area contributed by atoms with E-state index in [4.69, 9.17) is 0 Å². The molecule has 0 aromatic carbocycles. The molecule has 0 bridgehead atoms. The third kappa shape index (κ3) is 3.85.